The molecule has 2 N–H and O–H groups in total. The van der Waals surface area contributed by atoms with Crippen molar-refractivity contribution in [2.75, 3.05) is 20.3 Å². The number of nitrogens with zero attached hydrogens (tertiary/aromatic N) is 1. The minimum atomic E-state index is -0.430. The summed E-state index contributed by atoms with van der Waals surface area (Å²) in [5.41, 5.74) is 3.30. The molecule has 7 heteroatoms. The average Bonchev–Trinajstić information content (AvgIpc) is 2.99. The molecule has 0 amide bonds. The Morgan fingerprint density at radius 1 is 1.62 bits per heavy atom. The maximum absolute atomic E-state index is 13.5. The number of benzene rings is 1. The van der Waals surface area contributed by atoms with E-state index in [4.69, 9.17) is 21.7 Å². The first-order valence-corrected chi connectivity index (χ1v) is 7.12. The molecule has 1 atom stereocenters. The molecule has 1 heterocycles. The van der Waals surface area contributed by atoms with E-state index < -0.39 is 5.82 Å². The summed E-state index contributed by atoms with van der Waals surface area (Å²) in [6.07, 6.45) is 3.84. The van der Waals surface area contributed by atoms with Crippen LogP contribution in [0.5, 0.6) is 5.75 Å². The Morgan fingerprint density at radius 3 is 3.14 bits per heavy atom. The molecule has 1 aromatic carbocycles. The second-order valence-corrected chi connectivity index (χ2v) is 5.02. The molecule has 1 aromatic rings. The van der Waals surface area contributed by atoms with Crippen molar-refractivity contribution in [1.29, 1.82) is 0 Å². The van der Waals surface area contributed by atoms with Gasteiger partial charge in [0.05, 0.1) is 19.4 Å². The van der Waals surface area contributed by atoms with Crippen LogP contribution in [-0.4, -0.2) is 37.7 Å². The summed E-state index contributed by atoms with van der Waals surface area (Å²) in [5.74, 6) is -0.227. The fraction of sp³-hybridized carbons (Fsp3) is 0.429. The van der Waals surface area contributed by atoms with Gasteiger partial charge in [0.15, 0.2) is 16.7 Å². The molecular formula is C14H18FN3O2S. The van der Waals surface area contributed by atoms with E-state index in [-0.39, 0.29) is 11.9 Å². The molecule has 21 heavy (non-hydrogen) atoms. The van der Waals surface area contributed by atoms with Crippen LogP contribution < -0.4 is 15.5 Å². The van der Waals surface area contributed by atoms with Gasteiger partial charge in [-0.15, -0.1) is 0 Å². The monoisotopic (exact) mass is 311 g/mol. The summed E-state index contributed by atoms with van der Waals surface area (Å²) in [6.45, 7) is 1.48. The lowest BCUT2D eigenvalue weighted by atomic mass is 10.2. The Kier molecular flexibility index (Phi) is 5.89. The predicted octanol–water partition coefficient (Wildman–Crippen LogP) is 1.81. The Balaban J connectivity index is 1.76. The van der Waals surface area contributed by atoms with E-state index in [0.717, 1.165) is 19.4 Å². The Morgan fingerprint density at radius 2 is 2.48 bits per heavy atom. The number of halogens is 1. The SMILES string of the molecule is COc1ccc(/C=N\NC(=S)NC[C@@H]2CCCO2)cc1F. The minimum Gasteiger partial charge on any atom is -0.494 e. The highest BCUT2D eigenvalue weighted by molar-refractivity contribution is 7.80. The predicted molar refractivity (Wildman–Crippen MR) is 83.3 cm³/mol. The van der Waals surface area contributed by atoms with E-state index in [1.165, 1.54) is 19.4 Å². The average molecular weight is 311 g/mol. The van der Waals surface area contributed by atoms with Gasteiger partial charge in [-0.1, -0.05) is 0 Å². The maximum atomic E-state index is 13.5. The smallest absolute Gasteiger partial charge is 0.187 e. The first-order valence-electron chi connectivity index (χ1n) is 6.71. The van der Waals surface area contributed by atoms with E-state index >= 15 is 0 Å². The van der Waals surface area contributed by atoms with Crippen LogP contribution >= 0.6 is 12.2 Å². The molecule has 1 saturated heterocycles. The zero-order valence-corrected chi connectivity index (χ0v) is 12.6. The topological polar surface area (TPSA) is 54.9 Å². The van der Waals surface area contributed by atoms with Gasteiger partial charge < -0.3 is 14.8 Å². The zero-order valence-electron chi connectivity index (χ0n) is 11.8. The summed E-state index contributed by atoms with van der Waals surface area (Å²) in [4.78, 5) is 0. The third-order valence-corrected chi connectivity index (χ3v) is 3.31. The van der Waals surface area contributed by atoms with E-state index in [1.807, 2.05) is 0 Å². The lowest BCUT2D eigenvalue weighted by Crippen LogP contribution is -2.37. The molecule has 1 fully saturated rings. The molecule has 1 aliphatic rings. The number of hydrogen-bond acceptors (Lipinski definition) is 4. The molecule has 0 spiro atoms. The quantitative estimate of drug-likeness (QED) is 0.493. The van der Waals surface area contributed by atoms with Crippen molar-refractivity contribution in [2.45, 2.75) is 18.9 Å². The van der Waals surface area contributed by atoms with Gasteiger partial charge >= 0.3 is 0 Å². The van der Waals surface area contributed by atoms with Gasteiger partial charge in [-0.3, -0.25) is 5.43 Å². The van der Waals surface area contributed by atoms with Crippen molar-refractivity contribution in [3.05, 3.63) is 29.6 Å². The van der Waals surface area contributed by atoms with E-state index in [1.54, 1.807) is 12.1 Å². The number of nitrogens with one attached hydrogen (secondary N) is 2. The van der Waals surface area contributed by atoms with Crippen molar-refractivity contribution in [3.8, 4) is 5.75 Å². The Bertz CT molecular complexity index is 519. The van der Waals surface area contributed by atoms with E-state index in [2.05, 4.69) is 15.8 Å². The van der Waals surface area contributed by atoms with Crippen molar-refractivity contribution in [3.63, 3.8) is 0 Å². The first kappa shape index (κ1) is 15.7. The van der Waals surface area contributed by atoms with Gasteiger partial charge in [0.25, 0.3) is 0 Å². The van der Waals surface area contributed by atoms with Crippen LogP contribution in [-0.2, 0) is 4.74 Å². The third-order valence-electron chi connectivity index (χ3n) is 3.07. The molecule has 0 bridgehead atoms. The largest absolute Gasteiger partial charge is 0.494 e. The zero-order chi connectivity index (χ0) is 15.1. The van der Waals surface area contributed by atoms with Gasteiger partial charge in [0.2, 0.25) is 0 Å². The normalized spacial score (nSPS) is 17.9. The van der Waals surface area contributed by atoms with Gasteiger partial charge in [-0.2, -0.15) is 5.10 Å². The van der Waals surface area contributed by atoms with Gasteiger partial charge in [-0.25, -0.2) is 4.39 Å². The first-order chi connectivity index (χ1) is 10.2. The molecule has 2 rings (SSSR count). The molecule has 0 aromatic heterocycles. The molecular weight excluding hydrogens is 293 g/mol. The van der Waals surface area contributed by atoms with Crippen molar-refractivity contribution < 1.29 is 13.9 Å². The molecule has 5 nitrogen and oxygen atoms in total. The second kappa shape index (κ2) is 7.90. The number of rotatable bonds is 5. The van der Waals surface area contributed by atoms with Crippen LogP contribution in [0.4, 0.5) is 4.39 Å². The van der Waals surface area contributed by atoms with Crippen molar-refractivity contribution >= 4 is 23.5 Å². The fourth-order valence-corrected chi connectivity index (χ4v) is 2.12. The molecule has 0 unspecified atom stereocenters. The molecule has 1 aliphatic heterocycles. The van der Waals surface area contributed by atoms with Crippen LogP contribution in [0.3, 0.4) is 0 Å². The molecule has 0 saturated carbocycles. The molecule has 0 radical (unpaired) electrons. The lowest BCUT2D eigenvalue weighted by molar-refractivity contribution is 0.114. The Hall–Kier alpha value is -1.73. The summed E-state index contributed by atoms with van der Waals surface area (Å²) >= 11 is 5.08. The second-order valence-electron chi connectivity index (χ2n) is 4.61. The third kappa shape index (κ3) is 4.95. The molecule has 0 aliphatic carbocycles. The summed E-state index contributed by atoms with van der Waals surface area (Å²) < 4.78 is 23.8. The van der Waals surface area contributed by atoms with Crippen molar-refractivity contribution in [1.82, 2.24) is 10.7 Å². The standard InChI is InChI=1S/C14H18FN3O2S/c1-19-13-5-4-10(7-12(13)15)8-17-18-14(21)16-9-11-3-2-6-20-11/h4-5,7-8,11H,2-3,6,9H2,1H3,(H2,16,18,21)/b17-8-/t11-/m0/s1. The minimum absolute atomic E-state index is 0.203. The fourth-order valence-electron chi connectivity index (χ4n) is 1.98. The highest BCUT2D eigenvalue weighted by Gasteiger charge is 2.14. The van der Waals surface area contributed by atoms with E-state index in [0.29, 0.717) is 17.2 Å². The number of hydrazone groups is 1. The number of thiocarbonyl (C=S) groups is 1. The van der Waals surface area contributed by atoms with Crippen LogP contribution in [0.25, 0.3) is 0 Å². The van der Waals surface area contributed by atoms with E-state index in [9.17, 15) is 4.39 Å². The number of ether oxygens (including phenoxy) is 2. The Labute approximate surface area is 128 Å². The summed E-state index contributed by atoms with van der Waals surface area (Å²) in [5, 5.41) is 7.40. The van der Waals surface area contributed by atoms with Crippen LogP contribution in [0, 0.1) is 5.82 Å². The highest BCUT2D eigenvalue weighted by atomic mass is 32.1. The van der Waals surface area contributed by atoms with Crippen molar-refractivity contribution in [2.24, 2.45) is 5.10 Å². The summed E-state index contributed by atoms with van der Waals surface area (Å²) in [7, 11) is 1.42. The highest BCUT2D eigenvalue weighted by Crippen LogP contribution is 2.16. The summed E-state index contributed by atoms with van der Waals surface area (Å²) in [6, 6.07) is 4.59. The van der Waals surface area contributed by atoms with Gasteiger partial charge in [-0.05, 0) is 48.8 Å². The van der Waals surface area contributed by atoms with Crippen LogP contribution in [0.2, 0.25) is 0 Å². The van der Waals surface area contributed by atoms with Gasteiger partial charge in [0.1, 0.15) is 0 Å². The van der Waals surface area contributed by atoms with Gasteiger partial charge in [0, 0.05) is 13.2 Å². The maximum Gasteiger partial charge on any atom is 0.187 e. The van der Waals surface area contributed by atoms with Crippen LogP contribution in [0.15, 0.2) is 23.3 Å². The number of methoxy groups -OCH3 is 1. The lowest BCUT2D eigenvalue weighted by Gasteiger charge is -2.11. The number of hydrogen-bond donors (Lipinski definition) is 2. The van der Waals surface area contributed by atoms with Crippen LogP contribution in [0.1, 0.15) is 18.4 Å². The molecule has 114 valence electrons.